The van der Waals surface area contributed by atoms with Gasteiger partial charge in [0.25, 0.3) is 0 Å². The Kier molecular flexibility index (Phi) is 4.06. The van der Waals surface area contributed by atoms with Crippen molar-refractivity contribution in [2.75, 3.05) is 11.9 Å². The molecule has 1 aliphatic carbocycles. The van der Waals surface area contributed by atoms with Gasteiger partial charge >= 0.3 is 0 Å². The number of anilines is 1. The summed E-state index contributed by atoms with van der Waals surface area (Å²) < 4.78 is 7.66. The van der Waals surface area contributed by atoms with E-state index in [0.717, 1.165) is 30.7 Å². The molecule has 0 bridgehead atoms. The van der Waals surface area contributed by atoms with Crippen molar-refractivity contribution in [1.82, 2.24) is 9.78 Å². The van der Waals surface area contributed by atoms with Gasteiger partial charge in [0.1, 0.15) is 5.75 Å². The SMILES string of the molecule is CCOc1ccc(Cl)cc1NC1CCCc2c1cnn2C. The summed E-state index contributed by atoms with van der Waals surface area (Å²) >= 11 is 6.13. The molecule has 112 valence electrons. The lowest BCUT2D eigenvalue weighted by Gasteiger charge is -2.25. The molecule has 0 aliphatic heterocycles. The molecule has 1 heterocycles. The van der Waals surface area contributed by atoms with E-state index in [1.165, 1.54) is 11.3 Å². The van der Waals surface area contributed by atoms with Crippen LogP contribution in [0.1, 0.15) is 37.1 Å². The van der Waals surface area contributed by atoms with E-state index in [1.807, 2.05) is 43.0 Å². The Morgan fingerprint density at radius 1 is 1.48 bits per heavy atom. The number of nitrogens with zero attached hydrogens (tertiary/aromatic N) is 2. The largest absolute Gasteiger partial charge is 0.492 e. The molecule has 5 heteroatoms. The highest BCUT2D eigenvalue weighted by molar-refractivity contribution is 6.30. The van der Waals surface area contributed by atoms with Gasteiger partial charge in [-0.05, 0) is 44.4 Å². The molecule has 3 rings (SSSR count). The molecule has 1 aromatic heterocycles. The predicted molar refractivity (Wildman–Crippen MR) is 85.1 cm³/mol. The lowest BCUT2D eigenvalue weighted by molar-refractivity contribution is 0.341. The van der Waals surface area contributed by atoms with Gasteiger partial charge in [0.15, 0.2) is 0 Å². The molecule has 0 radical (unpaired) electrons. The van der Waals surface area contributed by atoms with Crippen LogP contribution in [0, 0.1) is 0 Å². The van der Waals surface area contributed by atoms with Gasteiger partial charge in [0.2, 0.25) is 0 Å². The number of halogens is 1. The van der Waals surface area contributed by atoms with E-state index in [9.17, 15) is 0 Å². The number of benzene rings is 1. The van der Waals surface area contributed by atoms with Crippen LogP contribution < -0.4 is 10.1 Å². The summed E-state index contributed by atoms with van der Waals surface area (Å²) in [5, 5.41) is 8.68. The summed E-state index contributed by atoms with van der Waals surface area (Å²) in [6.07, 6.45) is 5.32. The first-order valence-corrected chi connectivity index (χ1v) is 7.76. The van der Waals surface area contributed by atoms with Gasteiger partial charge in [-0.15, -0.1) is 0 Å². The van der Waals surface area contributed by atoms with Crippen LogP contribution in [-0.2, 0) is 13.5 Å². The van der Waals surface area contributed by atoms with Crippen molar-refractivity contribution in [3.63, 3.8) is 0 Å². The zero-order chi connectivity index (χ0) is 14.8. The van der Waals surface area contributed by atoms with Gasteiger partial charge < -0.3 is 10.1 Å². The molecule has 1 atom stereocenters. The summed E-state index contributed by atoms with van der Waals surface area (Å²) in [6.45, 7) is 2.62. The van der Waals surface area contributed by atoms with E-state index < -0.39 is 0 Å². The Hall–Kier alpha value is -1.68. The molecule has 1 N–H and O–H groups in total. The number of hydrogen-bond acceptors (Lipinski definition) is 3. The lowest BCUT2D eigenvalue weighted by atomic mass is 9.93. The second kappa shape index (κ2) is 5.98. The monoisotopic (exact) mass is 305 g/mol. The molecular weight excluding hydrogens is 286 g/mol. The van der Waals surface area contributed by atoms with Gasteiger partial charge in [0.05, 0.1) is 24.5 Å². The van der Waals surface area contributed by atoms with Gasteiger partial charge in [-0.2, -0.15) is 5.10 Å². The van der Waals surface area contributed by atoms with Gasteiger partial charge in [-0.25, -0.2) is 0 Å². The predicted octanol–water partition coefficient (Wildman–Crippen LogP) is 3.96. The fourth-order valence-corrected chi connectivity index (χ4v) is 3.11. The molecule has 0 saturated heterocycles. The van der Waals surface area contributed by atoms with Crippen LogP contribution in [0.2, 0.25) is 5.02 Å². The Balaban J connectivity index is 1.89. The van der Waals surface area contributed by atoms with Crippen LogP contribution >= 0.6 is 11.6 Å². The molecule has 21 heavy (non-hydrogen) atoms. The number of ether oxygens (including phenoxy) is 1. The maximum atomic E-state index is 6.13. The summed E-state index contributed by atoms with van der Waals surface area (Å²) in [7, 11) is 2.01. The number of aromatic nitrogens is 2. The van der Waals surface area contributed by atoms with Crippen molar-refractivity contribution in [2.24, 2.45) is 7.05 Å². The number of aryl methyl sites for hydroxylation is 1. The fourth-order valence-electron chi connectivity index (χ4n) is 2.94. The van der Waals surface area contributed by atoms with E-state index in [4.69, 9.17) is 16.3 Å². The topological polar surface area (TPSA) is 39.1 Å². The molecule has 4 nitrogen and oxygen atoms in total. The maximum Gasteiger partial charge on any atom is 0.142 e. The van der Waals surface area contributed by atoms with E-state index in [2.05, 4.69) is 10.4 Å². The molecular formula is C16H20ClN3O. The van der Waals surface area contributed by atoms with Crippen LogP contribution in [0.15, 0.2) is 24.4 Å². The van der Waals surface area contributed by atoms with Crippen molar-refractivity contribution in [3.8, 4) is 5.75 Å². The van der Waals surface area contributed by atoms with Crippen molar-refractivity contribution in [1.29, 1.82) is 0 Å². The van der Waals surface area contributed by atoms with Crippen molar-refractivity contribution in [3.05, 3.63) is 40.7 Å². The summed E-state index contributed by atoms with van der Waals surface area (Å²) in [4.78, 5) is 0. The Morgan fingerprint density at radius 2 is 2.33 bits per heavy atom. The van der Waals surface area contributed by atoms with Gasteiger partial charge in [0, 0.05) is 23.3 Å². The zero-order valence-corrected chi connectivity index (χ0v) is 13.2. The second-order valence-electron chi connectivity index (χ2n) is 5.33. The molecule has 2 aromatic rings. The minimum atomic E-state index is 0.264. The standard InChI is InChI=1S/C16H20ClN3O/c1-3-21-16-8-7-11(17)9-14(16)19-13-5-4-6-15-12(13)10-18-20(15)2/h7-10,13,19H,3-6H2,1-2H3. The van der Waals surface area contributed by atoms with Crippen LogP contribution in [-0.4, -0.2) is 16.4 Å². The van der Waals surface area contributed by atoms with Crippen LogP contribution in [0.25, 0.3) is 0 Å². The second-order valence-corrected chi connectivity index (χ2v) is 5.77. The third-order valence-corrected chi connectivity index (χ3v) is 4.18. The Morgan fingerprint density at radius 3 is 3.14 bits per heavy atom. The fraction of sp³-hybridized carbons (Fsp3) is 0.438. The first-order valence-electron chi connectivity index (χ1n) is 7.38. The first-order chi connectivity index (χ1) is 10.2. The molecule has 0 saturated carbocycles. The first kappa shape index (κ1) is 14.3. The van der Waals surface area contributed by atoms with Gasteiger partial charge in [-0.3, -0.25) is 4.68 Å². The zero-order valence-electron chi connectivity index (χ0n) is 12.4. The molecule has 1 unspecified atom stereocenters. The van der Waals surface area contributed by atoms with Crippen LogP contribution in [0.5, 0.6) is 5.75 Å². The van der Waals surface area contributed by atoms with E-state index in [1.54, 1.807) is 0 Å². The number of hydrogen-bond donors (Lipinski definition) is 1. The maximum absolute atomic E-state index is 6.13. The Labute approximate surface area is 130 Å². The summed E-state index contributed by atoms with van der Waals surface area (Å²) in [5.74, 6) is 0.845. The summed E-state index contributed by atoms with van der Waals surface area (Å²) in [5.41, 5.74) is 3.55. The van der Waals surface area contributed by atoms with Crippen molar-refractivity contribution >= 4 is 17.3 Å². The average molecular weight is 306 g/mol. The molecule has 0 spiro atoms. The van der Waals surface area contributed by atoms with Crippen LogP contribution in [0.3, 0.4) is 0 Å². The minimum Gasteiger partial charge on any atom is -0.492 e. The highest BCUT2D eigenvalue weighted by atomic mass is 35.5. The Bertz CT molecular complexity index is 638. The molecule has 1 aromatic carbocycles. The molecule has 0 fully saturated rings. The quantitative estimate of drug-likeness (QED) is 0.929. The average Bonchev–Trinajstić information content (AvgIpc) is 2.85. The van der Waals surface area contributed by atoms with Crippen LogP contribution in [0.4, 0.5) is 5.69 Å². The summed E-state index contributed by atoms with van der Waals surface area (Å²) in [6, 6.07) is 5.96. The van der Waals surface area contributed by atoms with E-state index >= 15 is 0 Å². The van der Waals surface area contributed by atoms with E-state index in [0.29, 0.717) is 11.6 Å². The molecule has 0 amide bonds. The highest BCUT2D eigenvalue weighted by Gasteiger charge is 2.24. The van der Waals surface area contributed by atoms with Crippen molar-refractivity contribution in [2.45, 2.75) is 32.2 Å². The number of fused-ring (bicyclic) bond motifs is 1. The third kappa shape index (κ3) is 2.86. The van der Waals surface area contributed by atoms with Gasteiger partial charge in [-0.1, -0.05) is 11.6 Å². The number of nitrogens with one attached hydrogen (secondary N) is 1. The normalized spacial score (nSPS) is 17.4. The lowest BCUT2D eigenvalue weighted by Crippen LogP contribution is -2.18. The highest BCUT2D eigenvalue weighted by Crippen LogP contribution is 2.36. The smallest absolute Gasteiger partial charge is 0.142 e. The molecule has 1 aliphatic rings. The number of rotatable bonds is 4. The van der Waals surface area contributed by atoms with Crippen molar-refractivity contribution < 1.29 is 4.74 Å². The third-order valence-electron chi connectivity index (χ3n) is 3.95. The minimum absolute atomic E-state index is 0.264. The van der Waals surface area contributed by atoms with E-state index in [-0.39, 0.29) is 6.04 Å².